The van der Waals surface area contributed by atoms with Crippen LogP contribution in [0, 0.1) is 0 Å². The first-order valence-electron chi connectivity index (χ1n) is 22.2. The van der Waals surface area contributed by atoms with Crippen molar-refractivity contribution >= 4 is 0 Å². The second-order valence-corrected chi connectivity index (χ2v) is 15.2. The van der Waals surface area contributed by atoms with Gasteiger partial charge in [0.15, 0.2) is 0 Å². The van der Waals surface area contributed by atoms with Crippen molar-refractivity contribution < 1.29 is 68.5 Å². The van der Waals surface area contributed by atoms with Crippen molar-refractivity contribution in [3.63, 3.8) is 0 Å². The fourth-order valence-electron chi connectivity index (χ4n) is 6.88. The Bertz CT molecular complexity index is 1670. The van der Waals surface area contributed by atoms with Crippen molar-refractivity contribution in [2.75, 3.05) is 133 Å². The molecule has 66 heavy (non-hydrogen) atoms. The lowest BCUT2D eigenvalue weighted by Crippen LogP contribution is -2.48. The molecule has 4 aromatic carbocycles. The highest BCUT2D eigenvalue weighted by Crippen LogP contribution is 2.15. The average molecular weight is 927 g/mol. The Morgan fingerprint density at radius 1 is 0.303 bits per heavy atom. The van der Waals surface area contributed by atoms with Crippen molar-refractivity contribution in [2.24, 2.45) is 0 Å². The third kappa shape index (κ3) is 22.8. The number of hydrogen-bond acceptors (Lipinski definition) is 18. The standard InChI is InChI=1S/C48H70N4O14/c53-35-50(24-25-51(28-46(64-38-56)32-60-42-15-7-2-8-16-42)29-47(65-39-57)33-61-43-17-9-3-10-18-43)23-21-49(27-45(63-37-55)31-59-41-13-5-1-6-14-41)22-26-52(36-54)30-48(66-40-58)34-62-44-19-11-4-12-20-44/h1-20,45-48,53-58H,21-40H2. The lowest BCUT2D eigenvalue weighted by molar-refractivity contribution is -0.0958. The van der Waals surface area contributed by atoms with Crippen LogP contribution in [0.1, 0.15) is 0 Å². The van der Waals surface area contributed by atoms with Crippen LogP contribution in [0.25, 0.3) is 0 Å². The topological polar surface area (TPSA) is 208 Å². The normalized spacial score (nSPS) is 13.5. The van der Waals surface area contributed by atoms with Crippen LogP contribution >= 0.6 is 0 Å². The van der Waals surface area contributed by atoms with Gasteiger partial charge in [-0.1, -0.05) is 72.8 Å². The Kier molecular flexibility index (Phi) is 27.8. The Balaban J connectivity index is 1.45. The van der Waals surface area contributed by atoms with E-state index in [0.29, 0.717) is 81.9 Å². The van der Waals surface area contributed by atoms with E-state index in [-0.39, 0.29) is 46.4 Å². The second kappa shape index (κ2) is 33.9. The van der Waals surface area contributed by atoms with E-state index in [9.17, 15) is 30.6 Å². The van der Waals surface area contributed by atoms with Crippen molar-refractivity contribution in [1.29, 1.82) is 0 Å². The Morgan fingerprint density at radius 3 is 0.833 bits per heavy atom. The molecule has 0 bridgehead atoms. The molecule has 18 nitrogen and oxygen atoms in total. The smallest absolute Gasteiger partial charge is 0.144 e. The molecule has 0 radical (unpaired) electrons. The maximum atomic E-state index is 10.7. The zero-order valence-electron chi connectivity index (χ0n) is 37.7. The van der Waals surface area contributed by atoms with Crippen LogP contribution in [0.3, 0.4) is 0 Å². The molecule has 4 atom stereocenters. The minimum absolute atomic E-state index is 0.147. The zero-order chi connectivity index (χ0) is 46.9. The number of aliphatic hydroxyl groups is 6. The Labute approximate surface area is 388 Å². The summed E-state index contributed by atoms with van der Waals surface area (Å²) >= 11 is 0. The Morgan fingerprint density at radius 2 is 0.545 bits per heavy atom. The monoisotopic (exact) mass is 926 g/mol. The van der Waals surface area contributed by atoms with Gasteiger partial charge in [-0.2, -0.15) is 0 Å². The molecule has 0 saturated heterocycles. The highest BCUT2D eigenvalue weighted by Gasteiger charge is 2.24. The van der Waals surface area contributed by atoms with Crippen molar-refractivity contribution in [1.82, 2.24) is 19.6 Å². The summed E-state index contributed by atoms with van der Waals surface area (Å²) in [7, 11) is 0. The van der Waals surface area contributed by atoms with E-state index < -0.39 is 51.6 Å². The van der Waals surface area contributed by atoms with Gasteiger partial charge >= 0.3 is 0 Å². The quantitative estimate of drug-likeness (QED) is 0.0353. The van der Waals surface area contributed by atoms with Crippen LogP contribution < -0.4 is 18.9 Å². The van der Waals surface area contributed by atoms with E-state index in [4.69, 9.17) is 37.9 Å². The molecular formula is C48H70N4O14. The summed E-state index contributed by atoms with van der Waals surface area (Å²) in [5.74, 6) is 2.61. The van der Waals surface area contributed by atoms with Gasteiger partial charge in [-0.15, -0.1) is 0 Å². The van der Waals surface area contributed by atoms with Crippen LogP contribution in [0.2, 0.25) is 0 Å². The van der Waals surface area contributed by atoms with Gasteiger partial charge in [0.2, 0.25) is 0 Å². The summed E-state index contributed by atoms with van der Waals surface area (Å²) in [5, 5.41) is 60.3. The predicted molar refractivity (Wildman–Crippen MR) is 246 cm³/mol. The van der Waals surface area contributed by atoms with Crippen LogP contribution in [0.4, 0.5) is 0 Å². The fourth-order valence-corrected chi connectivity index (χ4v) is 6.88. The van der Waals surface area contributed by atoms with Crippen LogP contribution in [0.5, 0.6) is 23.0 Å². The van der Waals surface area contributed by atoms with E-state index >= 15 is 0 Å². The van der Waals surface area contributed by atoms with Crippen molar-refractivity contribution in [2.45, 2.75) is 24.4 Å². The number of nitrogens with zero attached hydrogens (tertiary/aromatic N) is 4. The molecule has 4 unspecified atom stereocenters. The molecule has 0 saturated carbocycles. The van der Waals surface area contributed by atoms with Gasteiger partial charge in [-0.05, 0) is 48.5 Å². The number of para-hydroxylation sites is 4. The molecule has 366 valence electrons. The predicted octanol–water partition coefficient (Wildman–Crippen LogP) is 1.75. The van der Waals surface area contributed by atoms with Crippen LogP contribution in [-0.4, -0.2) is 207 Å². The van der Waals surface area contributed by atoms with Gasteiger partial charge in [-0.3, -0.25) is 19.6 Å². The fraction of sp³-hybridized carbons (Fsp3) is 0.500. The number of hydrogen-bond donors (Lipinski definition) is 6. The van der Waals surface area contributed by atoms with E-state index in [1.54, 1.807) is 4.90 Å². The van der Waals surface area contributed by atoms with Gasteiger partial charge in [0, 0.05) is 65.4 Å². The lowest BCUT2D eigenvalue weighted by atomic mass is 10.2. The summed E-state index contributed by atoms with van der Waals surface area (Å²) in [4.78, 5) is 7.83. The van der Waals surface area contributed by atoms with E-state index in [1.165, 1.54) is 0 Å². The first kappa shape index (κ1) is 54.1. The summed E-state index contributed by atoms with van der Waals surface area (Å²) in [6, 6.07) is 37.2. The molecule has 18 heteroatoms. The summed E-state index contributed by atoms with van der Waals surface area (Å²) in [6.45, 7) is 1.71. The van der Waals surface area contributed by atoms with Gasteiger partial charge in [0.05, 0.1) is 13.5 Å². The van der Waals surface area contributed by atoms with E-state index in [2.05, 4.69) is 9.80 Å². The van der Waals surface area contributed by atoms with E-state index in [1.807, 2.05) is 126 Å². The molecule has 4 aromatic rings. The molecule has 0 heterocycles. The van der Waals surface area contributed by atoms with Crippen LogP contribution in [-0.2, 0) is 18.9 Å². The molecule has 0 aliphatic heterocycles. The molecule has 0 aromatic heterocycles. The van der Waals surface area contributed by atoms with E-state index in [0.717, 1.165) is 0 Å². The molecule has 0 aliphatic rings. The number of benzene rings is 4. The van der Waals surface area contributed by atoms with Gasteiger partial charge in [-0.25, -0.2) is 0 Å². The van der Waals surface area contributed by atoms with Gasteiger partial charge in [0.1, 0.15) is 101 Å². The van der Waals surface area contributed by atoms with Crippen LogP contribution in [0.15, 0.2) is 121 Å². The van der Waals surface area contributed by atoms with Gasteiger partial charge in [0.25, 0.3) is 0 Å². The molecule has 6 N–H and O–H groups in total. The summed E-state index contributed by atoms with van der Waals surface area (Å²) in [5.41, 5.74) is 0. The largest absolute Gasteiger partial charge is 0.491 e. The third-order valence-electron chi connectivity index (χ3n) is 10.4. The molecule has 0 fully saturated rings. The molecule has 4 rings (SSSR count). The first-order valence-corrected chi connectivity index (χ1v) is 22.2. The number of rotatable bonds is 39. The molecular weight excluding hydrogens is 857 g/mol. The molecule has 0 amide bonds. The van der Waals surface area contributed by atoms with Crippen molar-refractivity contribution in [3.05, 3.63) is 121 Å². The maximum Gasteiger partial charge on any atom is 0.144 e. The number of ether oxygens (including phenoxy) is 8. The number of aliphatic hydroxyl groups excluding tert-OH is 6. The maximum absolute atomic E-state index is 10.7. The minimum Gasteiger partial charge on any atom is -0.491 e. The average Bonchev–Trinajstić information content (AvgIpc) is 3.35. The summed E-state index contributed by atoms with van der Waals surface area (Å²) < 4.78 is 46.6. The third-order valence-corrected chi connectivity index (χ3v) is 10.4. The highest BCUT2D eigenvalue weighted by atomic mass is 16.6. The lowest BCUT2D eigenvalue weighted by Gasteiger charge is -2.34. The SMILES string of the molecule is OCOC(COc1ccccc1)CN(CO)CCN(CCN(CO)CCN(CC(COc1ccccc1)OCO)CC(COc1ccccc1)OCO)CC(COc1ccccc1)OCO. The zero-order valence-corrected chi connectivity index (χ0v) is 37.7. The molecule has 0 spiro atoms. The Hall–Kier alpha value is -4.48. The molecule has 0 aliphatic carbocycles. The second-order valence-electron chi connectivity index (χ2n) is 15.2. The van der Waals surface area contributed by atoms with Gasteiger partial charge < -0.3 is 68.5 Å². The minimum atomic E-state index is -0.554. The summed E-state index contributed by atoms with van der Waals surface area (Å²) in [6.07, 6.45) is -2.19. The first-order chi connectivity index (χ1) is 32.4. The highest BCUT2D eigenvalue weighted by molar-refractivity contribution is 5.23. The van der Waals surface area contributed by atoms with Crippen molar-refractivity contribution in [3.8, 4) is 23.0 Å².